The maximum atomic E-state index is 10.1. The zero-order valence-corrected chi connectivity index (χ0v) is 10.9. The van der Waals surface area contributed by atoms with Crippen molar-refractivity contribution in [3.05, 3.63) is 34.9 Å². The van der Waals surface area contributed by atoms with Crippen molar-refractivity contribution < 1.29 is 5.11 Å². The summed E-state index contributed by atoms with van der Waals surface area (Å²) in [5.74, 6) is 0. The summed E-state index contributed by atoms with van der Waals surface area (Å²) >= 11 is 0. The van der Waals surface area contributed by atoms with Crippen LogP contribution in [-0.4, -0.2) is 17.7 Å². The fourth-order valence-electron chi connectivity index (χ4n) is 2.43. The minimum atomic E-state index is -0.385. The van der Waals surface area contributed by atoms with Crippen LogP contribution in [0.2, 0.25) is 0 Å². The molecule has 2 heteroatoms. The summed E-state index contributed by atoms with van der Waals surface area (Å²) in [4.78, 5) is 0. The molecule has 17 heavy (non-hydrogen) atoms. The number of fused-ring (bicyclic) bond motifs is 1. The SMILES string of the molecule is CC(C)NC[C@H](O)c1ccc2c(c1)CCCC2. The second kappa shape index (κ2) is 5.65. The van der Waals surface area contributed by atoms with Crippen LogP contribution in [0.15, 0.2) is 18.2 Å². The normalized spacial score (nSPS) is 16.9. The molecular formula is C15H23NO. The largest absolute Gasteiger partial charge is 0.387 e. The topological polar surface area (TPSA) is 32.3 Å². The molecule has 0 spiro atoms. The first-order valence-corrected chi connectivity index (χ1v) is 6.70. The Morgan fingerprint density at radius 1 is 1.18 bits per heavy atom. The molecule has 1 aromatic rings. The highest BCUT2D eigenvalue weighted by Gasteiger charge is 2.13. The summed E-state index contributed by atoms with van der Waals surface area (Å²) in [6.07, 6.45) is 4.59. The number of hydrogen-bond acceptors (Lipinski definition) is 2. The van der Waals surface area contributed by atoms with Crippen LogP contribution >= 0.6 is 0 Å². The van der Waals surface area contributed by atoms with E-state index in [-0.39, 0.29) is 6.10 Å². The lowest BCUT2D eigenvalue weighted by atomic mass is 9.89. The number of aryl methyl sites for hydroxylation is 2. The van der Waals surface area contributed by atoms with Crippen molar-refractivity contribution >= 4 is 0 Å². The molecule has 0 saturated heterocycles. The lowest BCUT2D eigenvalue weighted by Crippen LogP contribution is -2.28. The first-order valence-electron chi connectivity index (χ1n) is 6.70. The van der Waals surface area contributed by atoms with E-state index in [0.29, 0.717) is 12.6 Å². The Labute approximate surface area is 104 Å². The number of hydrogen-bond donors (Lipinski definition) is 2. The molecule has 1 atom stereocenters. The minimum Gasteiger partial charge on any atom is -0.387 e. The molecule has 1 aliphatic carbocycles. The Hall–Kier alpha value is -0.860. The van der Waals surface area contributed by atoms with Crippen LogP contribution in [0.3, 0.4) is 0 Å². The Kier molecular flexibility index (Phi) is 4.19. The summed E-state index contributed by atoms with van der Waals surface area (Å²) in [6, 6.07) is 6.89. The van der Waals surface area contributed by atoms with Gasteiger partial charge in [-0.1, -0.05) is 32.0 Å². The predicted molar refractivity (Wildman–Crippen MR) is 71.2 cm³/mol. The van der Waals surface area contributed by atoms with E-state index < -0.39 is 0 Å². The highest BCUT2D eigenvalue weighted by atomic mass is 16.3. The molecule has 0 bridgehead atoms. The molecule has 2 rings (SSSR count). The molecule has 0 heterocycles. The summed E-state index contributed by atoms with van der Waals surface area (Å²) in [5, 5.41) is 13.4. The Morgan fingerprint density at radius 3 is 2.59 bits per heavy atom. The lowest BCUT2D eigenvalue weighted by Gasteiger charge is -2.19. The molecule has 2 N–H and O–H groups in total. The molecule has 1 aliphatic rings. The van der Waals surface area contributed by atoms with Gasteiger partial charge in [0.05, 0.1) is 6.10 Å². The maximum absolute atomic E-state index is 10.1. The second-order valence-electron chi connectivity index (χ2n) is 5.31. The standard InChI is InChI=1S/C15H23NO/c1-11(2)16-10-15(17)14-8-7-12-5-3-4-6-13(12)9-14/h7-9,11,15-17H,3-6,10H2,1-2H3/t15-/m0/s1. The molecule has 1 aromatic carbocycles. The van der Waals surface area contributed by atoms with Gasteiger partial charge in [0.15, 0.2) is 0 Å². The molecule has 0 radical (unpaired) electrons. The van der Waals surface area contributed by atoms with E-state index in [0.717, 1.165) is 5.56 Å². The van der Waals surface area contributed by atoms with Crippen LogP contribution in [0.25, 0.3) is 0 Å². The number of rotatable bonds is 4. The second-order valence-corrected chi connectivity index (χ2v) is 5.31. The molecule has 0 aromatic heterocycles. The van der Waals surface area contributed by atoms with Crippen molar-refractivity contribution in [1.82, 2.24) is 5.32 Å². The molecule has 0 fully saturated rings. The summed E-state index contributed by atoms with van der Waals surface area (Å²) in [7, 11) is 0. The quantitative estimate of drug-likeness (QED) is 0.838. The van der Waals surface area contributed by atoms with Gasteiger partial charge in [-0.15, -0.1) is 0 Å². The van der Waals surface area contributed by atoms with Gasteiger partial charge in [0, 0.05) is 12.6 Å². The van der Waals surface area contributed by atoms with Crippen molar-refractivity contribution in [3.63, 3.8) is 0 Å². The van der Waals surface area contributed by atoms with Crippen LogP contribution in [-0.2, 0) is 12.8 Å². The molecule has 0 aliphatic heterocycles. The summed E-state index contributed by atoms with van der Waals surface area (Å²) in [6.45, 7) is 4.83. The summed E-state index contributed by atoms with van der Waals surface area (Å²) < 4.78 is 0. The van der Waals surface area contributed by atoms with Crippen LogP contribution in [0.4, 0.5) is 0 Å². The molecule has 0 amide bonds. The number of nitrogens with one attached hydrogen (secondary N) is 1. The van der Waals surface area contributed by atoms with Gasteiger partial charge in [-0.3, -0.25) is 0 Å². The fourth-order valence-corrected chi connectivity index (χ4v) is 2.43. The van der Waals surface area contributed by atoms with Gasteiger partial charge in [0.2, 0.25) is 0 Å². The highest BCUT2D eigenvalue weighted by Crippen LogP contribution is 2.24. The Bertz CT molecular complexity index is 373. The monoisotopic (exact) mass is 233 g/mol. The smallest absolute Gasteiger partial charge is 0.0914 e. The van der Waals surface area contributed by atoms with Gasteiger partial charge in [-0.2, -0.15) is 0 Å². The van der Waals surface area contributed by atoms with Gasteiger partial charge in [-0.05, 0) is 42.4 Å². The van der Waals surface area contributed by atoms with Gasteiger partial charge < -0.3 is 10.4 Å². The van der Waals surface area contributed by atoms with E-state index in [1.807, 2.05) is 0 Å². The van der Waals surface area contributed by atoms with Crippen molar-refractivity contribution in [3.8, 4) is 0 Å². The first-order chi connectivity index (χ1) is 8.16. The maximum Gasteiger partial charge on any atom is 0.0914 e. The van der Waals surface area contributed by atoms with Crippen LogP contribution in [0.5, 0.6) is 0 Å². The zero-order chi connectivity index (χ0) is 12.3. The van der Waals surface area contributed by atoms with Crippen molar-refractivity contribution in [2.75, 3.05) is 6.54 Å². The highest BCUT2D eigenvalue weighted by molar-refractivity contribution is 5.34. The average molecular weight is 233 g/mol. The third kappa shape index (κ3) is 3.30. The number of benzene rings is 1. The van der Waals surface area contributed by atoms with E-state index in [1.165, 1.54) is 36.8 Å². The molecule has 0 unspecified atom stereocenters. The predicted octanol–water partition coefficient (Wildman–Crippen LogP) is 2.60. The summed E-state index contributed by atoms with van der Waals surface area (Å²) in [5.41, 5.74) is 3.97. The Balaban J connectivity index is 2.05. The first kappa shape index (κ1) is 12.6. The molecule has 0 saturated carbocycles. The third-order valence-corrected chi connectivity index (χ3v) is 3.48. The van der Waals surface area contributed by atoms with Crippen LogP contribution in [0, 0.1) is 0 Å². The van der Waals surface area contributed by atoms with Crippen molar-refractivity contribution in [2.45, 2.75) is 51.7 Å². The number of aliphatic hydroxyl groups is 1. The van der Waals surface area contributed by atoms with E-state index in [4.69, 9.17) is 0 Å². The molecular weight excluding hydrogens is 210 g/mol. The van der Waals surface area contributed by atoms with Gasteiger partial charge in [-0.25, -0.2) is 0 Å². The van der Waals surface area contributed by atoms with Gasteiger partial charge in [0.25, 0.3) is 0 Å². The minimum absolute atomic E-state index is 0.385. The van der Waals surface area contributed by atoms with Crippen molar-refractivity contribution in [1.29, 1.82) is 0 Å². The fraction of sp³-hybridized carbons (Fsp3) is 0.600. The van der Waals surface area contributed by atoms with E-state index in [2.05, 4.69) is 37.4 Å². The molecule has 94 valence electrons. The van der Waals surface area contributed by atoms with Gasteiger partial charge in [0.1, 0.15) is 0 Å². The molecule has 2 nitrogen and oxygen atoms in total. The third-order valence-electron chi connectivity index (χ3n) is 3.48. The van der Waals surface area contributed by atoms with E-state index in [1.54, 1.807) is 0 Å². The van der Waals surface area contributed by atoms with Crippen LogP contribution < -0.4 is 5.32 Å². The zero-order valence-electron chi connectivity index (χ0n) is 10.9. The van der Waals surface area contributed by atoms with E-state index in [9.17, 15) is 5.11 Å². The average Bonchev–Trinajstić information content (AvgIpc) is 2.35. The van der Waals surface area contributed by atoms with Gasteiger partial charge >= 0.3 is 0 Å². The van der Waals surface area contributed by atoms with Crippen LogP contribution in [0.1, 0.15) is 49.5 Å². The van der Waals surface area contributed by atoms with E-state index >= 15 is 0 Å². The number of aliphatic hydroxyl groups excluding tert-OH is 1. The lowest BCUT2D eigenvalue weighted by molar-refractivity contribution is 0.171. The Morgan fingerprint density at radius 2 is 1.88 bits per heavy atom. The van der Waals surface area contributed by atoms with Crippen molar-refractivity contribution in [2.24, 2.45) is 0 Å².